The number of nitrogens with one attached hydrogen (secondary N) is 1. The molecule has 0 aromatic heterocycles. The molecule has 0 heterocycles. The lowest BCUT2D eigenvalue weighted by atomic mass is 10.0. The molecule has 1 aromatic carbocycles. The lowest BCUT2D eigenvalue weighted by Crippen LogP contribution is -2.51. The number of amides is 1. The lowest BCUT2D eigenvalue weighted by Gasteiger charge is -2.28. The molecule has 4 nitrogen and oxygen atoms in total. The maximum Gasteiger partial charge on any atom is 0.263 e. The van der Waals surface area contributed by atoms with Crippen molar-refractivity contribution in [1.29, 1.82) is 0 Å². The molecule has 1 saturated carbocycles. The minimum Gasteiger partial charge on any atom is -0.478 e. The van der Waals surface area contributed by atoms with Gasteiger partial charge in [0.2, 0.25) is 0 Å². The highest BCUT2D eigenvalue weighted by Gasteiger charge is 2.35. The largest absolute Gasteiger partial charge is 0.478 e. The minimum absolute atomic E-state index is 0.0376. The highest BCUT2D eigenvalue weighted by molar-refractivity contribution is 6.30. The van der Waals surface area contributed by atoms with Crippen LogP contribution in [0.2, 0.25) is 5.02 Å². The first kappa shape index (κ1) is 16.1. The van der Waals surface area contributed by atoms with E-state index in [1.54, 1.807) is 38.1 Å². The standard InChI is InChI=1S/C16H22ClNO3/c1-16(2,21-13-8-6-12(17)7-9-13)15(20)18-14-5-3-4-11(14)10-19/h6-9,11,14,19H,3-5,10H2,1-2H3,(H,18,20). The van der Waals surface area contributed by atoms with Crippen molar-refractivity contribution in [3.05, 3.63) is 29.3 Å². The van der Waals surface area contributed by atoms with Gasteiger partial charge in [0.15, 0.2) is 5.60 Å². The Morgan fingerprint density at radius 2 is 2.05 bits per heavy atom. The van der Waals surface area contributed by atoms with Gasteiger partial charge in [-0.1, -0.05) is 18.0 Å². The zero-order chi connectivity index (χ0) is 15.5. The minimum atomic E-state index is -0.976. The summed E-state index contributed by atoms with van der Waals surface area (Å²) in [5.41, 5.74) is -0.976. The van der Waals surface area contributed by atoms with E-state index in [4.69, 9.17) is 16.3 Å². The molecular weight excluding hydrogens is 290 g/mol. The Morgan fingerprint density at radius 1 is 1.38 bits per heavy atom. The Bertz CT molecular complexity index is 487. The second kappa shape index (κ2) is 6.67. The van der Waals surface area contributed by atoms with E-state index in [0.29, 0.717) is 10.8 Å². The second-order valence-electron chi connectivity index (χ2n) is 6.02. The quantitative estimate of drug-likeness (QED) is 0.879. The van der Waals surface area contributed by atoms with Crippen molar-refractivity contribution in [3.63, 3.8) is 0 Å². The zero-order valence-electron chi connectivity index (χ0n) is 12.4. The van der Waals surface area contributed by atoms with Crippen molar-refractivity contribution in [2.45, 2.75) is 44.8 Å². The fraction of sp³-hybridized carbons (Fsp3) is 0.562. The summed E-state index contributed by atoms with van der Waals surface area (Å²) in [6.07, 6.45) is 2.91. The number of carbonyl (C=O) groups is 1. The lowest BCUT2D eigenvalue weighted by molar-refractivity contribution is -0.135. The van der Waals surface area contributed by atoms with Crippen LogP contribution in [0, 0.1) is 5.92 Å². The molecule has 0 spiro atoms. The molecule has 5 heteroatoms. The maximum absolute atomic E-state index is 12.4. The van der Waals surface area contributed by atoms with Crippen molar-refractivity contribution in [2.24, 2.45) is 5.92 Å². The number of ether oxygens (including phenoxy) is 1. The SMILES string of the molecule is CC(C)(Oc1ccc(Cl)cc1)C(=O)NC1CCCC1CO. The third-order valence-electron chi connectivity index (χ3n) is 3.94. The van der Waals surface area contributed by atoms with Crippen LogP contribution in [-0.4, -0.2) is 29.3 Å². The molecule has 1 aromatic rings. The van der Waals surface area contributed by atoms with Crippen LogP contribution >= 0.6 is 11.6 Å². The fourth-order valence-corrected chi connectivity index (χ4v) is 2.76. The molecule has 1 aliphatic carbocycles. The highest BCUT2D eigenvalue weighted by atomic mass is 35.5. The van der Waals surface area contributed by atoms with Gasteiger partial charge in [0.1, 0.15) is 5.75 Å². The smallest absolute Gasteiger partial charge is 0.263 e. The molecule has 0 saturated heterocycles. The topological polar surface area (TPSA) is 58.6 Å². The van der Waals surface area contributed by atoms with Crippen molar-refractivity contribution in [2.75, 3.05) is 6.61 Å². The highest BCUT2D eigenvalue weighted by Crippen LogP contribution is 2.26. The number of hydrogen-bond acceptors (Lipinski definition) is 3. The van der Waals surface area contributed by atoms with E-state index in [2.05, 4.69) is 5.32 Å². The number of benzene rings is 1. The van der Waals surface area contributed by atoms with Crippen molar-refractivity contribution in [3.8, 4) is 5.75 Å². The Balaban J connectivity index is 1.97. The predicted molar refractivity (Wildman–Crippen MR) is 82.5 cm³/mol. The first-order valence-corrected chi connectivity index (χ1v) is 7.66. The summed E-state index contributed by atoms with van der Waals surface area (Å²) in [7, 11) is 0. The number of hydrogen-bond donors (Lipinski definition) is 2. The van der Waals surface area contributed by atoms with E-state index >= 15 is 0 Å². The molecule has 2 rings (SSSR count). The van der Waals surface area contributed by atoms with Crippen molar-refractivity contribution >= 4 is 17.5 Å². The first-order chi connectivity index (χ1) is 9.92. The van der Waals surface area contributed by atoms with Crippen molar-refractivity contribution in [1.82, 2.24) is 5.32 Å². The second-order valence-corrected chi connectivity index (χ2v) is 6.46. The zero-order valence-corrected chi connectivity index (χ0v) is 13.2. The molecule has 21 heavy (non-hydrogen) atoms. The average Bonchev–Trinajstić information content (AvgIpc) is 2.88. The monoisotopic (exact) mass is 311 g/mol. The van der Waals surface area contributed by atoms with E-state index < -0.39 is 5.60 Å². The summed E-state index contributed by atoms with van der Waals surface area (Å²) in [5.74, 6) is 0.591. The molecule has 0 bridgehead atoms. The summed E-state index contributed by atoms with van der Waals surface area (Å²) in [6, 6.07) is 6.97. The normalized spacial score (nSPS) is 22.1. The molecule has 1 amide bonds. The summed E-state index contributed by atoms with van der Waals surface area (Å²) < 4.78 is 5.76. The van der Waals surface area contributed by atoms with E-state index in [-0.39, 0.29) is 24.5 Å². The Kier molecular flexibility index (Phi) is 5.12. The number of rotatable bonds is 5. The molecule has 2 unspecified atom stereocenters. The number of aliphatic hydroxyl groups is 1. The molecule has 0 aliphatic heterocycles. The van der Waals surface area contributed by atoms with Gasteiger partial charge in [-0.25, -0.2) is 0 Å². The van der Waals surface area contributed by atoms with Gasteiger partial charge in [0.05, 0.1) is 0 Å². The number of halogens is 1. The van der Waals surface area contributed by atoms with Gasteiger partial charge in [-0.15, -0.1) is 0 Å². The summed E-state index contributed by atoms with van der Waals surface area (Å²) >= 11 is 5.83. The Labute approximate surface area is 130 Å². The van der Waals surface area contributed by atoms with Crippen LogP contribution < -0.4 is 10.1 Å². The first-order valence-electron chi connectivity index (χ1n) is 7.29. The molecule has 1 aliphatic rings. The van der Waals surface area contributed by atoms with E-state index in [0.717, 1.165) is 19.3 Å². The van der Waals surface area contributed by atoms with E-state index in [1.807, 2.05) is 0 Å². The van der Waals surface area contributed by atoms with Gasteiger partial charge in [-0.3, -0.25) is 4.79 Å². The summed E-state index contributed by atoms with van der Waals surface area (Å²) in [4.78, 5) is 12.4. The molecule has 1 fully saturated rings. The average molecular weight is 312 g/mol. The molecule has 2 N–H and O–H groups in total. The van der Waals surface area contributed by atoms with Gasteiger partial charge in [0, 0.05) is 23.6 Å². The van der Waals surface area contributed by atoms with Crippen LogP contribution in [0.3, 0.4) is 0 Å². The number of aliphatic hydroxyl groups excluding tert-OH is 1. The van der Waals surface area contributed by atoms with E-state index in [9.17, 15) is 9.90 Å². The number of carbonyl (C=O) groups excluding carboxylic acids is 1. The Hall–Kier alpha value is -1.26. The summed E-state index contributed by atoms with van der Waals surface area (Å²) in [6.45, 7) is 3.59. The third-order valence-corrected chi connectivity index (χ3v) is 4.20. The molecular formula is C16H22ClNO3. The van der Waals surface area contributed by atoms with Crippen molar-refractivity contribution < 1.29 is 14.6 Å². The van der Waals surface area contributed by atoms with Crippen LogP contribution in [0.1, 0.15) is 33.1 Å². The van der Waals surface area contributed by atoms with Gasteiger partial charge in [-0.2, -0.15) is 0 Å². The van der Waals surface area contributed by atoms with Crippen LogP contribution in [0.15, 0.2) is 24.3 Å². The molecule has 0 radical (unpaired) electrons. The van der Waals surface area contributed by atoms with Crippen LogP contribution in [0.5, 0.6) is 5.75 Å². The third kappa shape index (κ3) is 4.11. The van der Waals surface area contributed by atoms with Crippen LogP contribution in [0.25, 0.3) is 0 Å². The van der Waals surface area contributed by atoms with Gasteiger partial charge in [0.25, 0.3) is 5.91 Å². The van der Waals surface area contributed by atoms with Gasteiger partial charge in [-0.05, 0) is 51.0 Å². The summed E-state index contributed by atoms with van der Waals surface area (Å²) in [5, 5.41) is 12.9. The molecule has 116 valence electrons. The fourth-order valence-electron chi connectivity index (χ4n) is 2.63. The maximum atomic E-state index is 12.4. The van der Waals surface area contributed by atoms with E-state index in [1.165, 1.54) is 0 Å². The van der Waals surface area contributed by atoms with Gasteiger partial charge < -0.3 is 15.2 Å². The Morgan fingerprint density at radius 3 is 2.67 bits per heavy atom. The van der Waals surface area contributed by atoms with Crippen LogP contribution in [-0.2, 0) is 4.79 Å². The molecule has 2 atom stereocenters. The van der Waals surface area contributed by atoms with Gasteiger partial charge >= 0.3 is 0 Å². The van der Waals surface area contributed by atoms with Crippen LogP contribution in [0.4, 0.5) is 0 Å². The predicted octanol–water partition coefficient (Wildman–Crippen LogP) is 2.77.